The van der Waals surface area contributed by atoms with Crippen LogP contribution in [0.1, 0.15) is 32.4 Å². The van der Waals surface area contributed by atoms with Gasteiger partial charge in [0.1, 0.15) is 17.9 Å². The van der Waals surface area contributed by atoms with E-state index in [0.717, 1.165) is 0 Å². The molecule has 1 aliphatic rings. The zero-order valence-corrected chi connectivity index (χ0v) is 14.9. The van der Waals surface area contributed by atoms with E-state index in [0.29, 0.717) is 11.3 Å². The molecule has 9 nitrogen and oxygen atoms in total. The minimum Gasteiger partial charge on any atom is -0.481 e. The lowest BCUT2D eigenvalue weighted by Crippen LogP contribution is -2.45. The first-order chi connectivity index (χ1) is 11.9. The summed E-state index contributed by atoms with van der Waals surface area (Å²) in [5, 5.41) is 5.26. The number of ether oxygens (including phenoxy) is 3. The molecule has 0 unspecified atom stereocenters. The number of hydrogen-bond donors (Lipinski definition) is 2. The third kappa shape index (κ3) is 3.98. The van der Waals surface area contributed by atoms with Crippen LogP contribution < -0.4 is 20.1 Å². The molecule has 136 valence electrons. The van der Waals surface area contributed by atoms with E-state index in [-0.39, 0.29) is 29.9 Å². The van der Waals surface area contributed by atoms with Gasteiger partial charge in [0, 0.05) is 5.70 Å². The first-order valence-electron chi connectivity index (χ1n) is 7.77. The van der Waals surface area contributed by atoms with Gasteiger partial charge in [0.25, 0.3) is 0 Å². The van der Waals surface area contributed by atoms with Crippen LogP contribution in [0.3, 0.4) is 0 Å². The molecule has 0 saturated heterocycles. The van der Waals surface area contributed by atoms with Crippen LogP contribution in [0.5, 0.6) is 11.8 Å². The molecule has 0 bridgehead atoms. The lowest BCUT2D eigenvalue weighted by Gasteiger charge is -2.29. The summed E-state index contributed by atoms with van der Waals surface area (Å²) < 4.78 is 15.9. The molecule has 1 aliphatic heterocycles. The van der Waals surface area contributed by atoms with E-state index in [4.69, 9.17) is 14.2 Å². The summed E-state index contributed by atoms with van der Waals surface area (Å²) in [6, 6.07) is -1.32. The maximum Gasteiger partial charge on any atom is 0.338 e. The number of hydrogen-bond acceptors (Lipinski definition) is 7. The fraction of sp³-hybridized carbons (Fsp3) is 0.500. The molecule has 0 spiro atoms. The standard InChI is InChI=1S/C16H22N4O5/c1-8(2)6-25-15(21)10-9(3)19-16(22)20-12(10)11-13(23-4)17-7-18-14(11)24-5/h7-8,12H,6H2,1-5H3,(H2,19,20,22)/t12-/m0/s1. The van der Waals surface area contributed by atoms with Crippen molar-refractivity contribution in [2.45, 2.75) is 26.8 Å². The van der Waals surface area contributed by atoms with Gasteiger partial charge in [-0.25, -0.2) is 19.6 Å². The predicted molar refractivity (Wildman–Crippen MR) is 88.0 cm³/mol. The van der Waals surface area contributed by atoms with Gasteiger partial charge in [0.15, 0.2) is 0 Å². The van der Waals surface area contributed by atoms with Crippen LogP contribution in [-0.4, -0.2) is 42.8 Å². The molecular formula is C16H22N4O5. The molecular weight excluding hydrogens is 328 g/mol. The molecule has 0 radical (unpaired) electrons. The van der Waals surface area contributed by atoms with Crippen molar-refractivity contribution in [3.05, 3.63) is 23.2 Å². The Hall–Kier alpha value is -2.84. The maximum absolute atomic E-state index is 12.6. The second-order valence-corrected chi connectivity index (χ2v) is 5.87. The van der Waals surface area contributed by atoms with Crippen molar-refractivity contribution in [1.29, 1.82) is 0 Å². The first-order valence-corrected chi connectivity index (χ1v) is 7.77. The van der Waals surface area contributed by atoms with Gasteiger partial charge in [-0.15, -0.1) is 0 Å². The fourth-order valence-electron chi connectivity index (χ4n) is 2.44. The highest BCUT2D eigenvalue weighted by atomic mass is 16.5. The van der Waals surface area contributed by atoms with Crippen molar-refractivity contribution in [3.63, 3.8) is 0 Å². The van der Waals surface area contributed by atoms with Crippen LogP contribution in [0.25, 0.3) is 0 Å². The molecule has 2 rings (SSSR count). The number of carbonyl (C=O) groups is 2. The Morgan fingerprint density at radius 2 is 1.84 bits per heavy atom. The van der Waals surface area contributed by atoms with Crippen LogP contribution in [0.15, 0.2) is 17.6 Å². The molecule has 2 heterocycles. The third-order valence-electron chi connectivity index (χ3n) is 3.52. The molecule has 1 aromatic heterocycles. The Morgan fingerprint density at radius 1 is 1.24 bits per heavy atom. The molecule has 0 aliphatic carbocycles. The summed E-state index contributed by atoms with van der Waals surface area (Å²) >= 11 is 0. The van der Waals surface area contributed by atoms with Crippen molar-refractivity contribution >= 4 is 12.0 Å². The molecule has 0 saturated carbocycles. The highest BCUT2D eigenvalue weighted by Gasteiger charge is 2.37. The molecule has 0 aromatic carbocycles. The number of rotatable bonds is 6. The number of urea groups is 1. The lowest BCUT2D eigenvalue weighted by molar-refractivity contribution is -0.140. The molecule has 1 aromatic rings. The normalized spacial score (nSPS) is 17.0. The maximum atomic E-state index is 12.6. The molecule has 25 heavy (non-hydrogen) atoms. The van der Waals surface area contributed by atoms with Crippen molar-refractivity contribution < 1.29 is 23.8 Å². The Kier molecular flexibility index (Phi) is 5.79. The fourth-order valence-corrected chi connectivity index (χ4v) is 2.44. The Labute approximate surface area is 145 Å². The van der Waals surface area contributed by atoms with Crippen LogP contribution in [0.2, 0.25) is 0 Å². The zero-order valence-electron chi connectivity index (χ0n) is 14.9. The Bertz CT molecular complexity index is 680. The summed E-state index contributed by atoms with van der Waals surface area (Å²) in [6.07, 6.45) is 1.28. The van der Waals surface area contributed by atoms with Crippen molar-refractivity contribution in [1.82, 2.24) is 20.6 Å². The van der Waals surface area contributed by atoms with Crippen LogP contribution >= 0.6 is 0 Å². The Morgan fingerprint density at radius 3 is 2.36 bits per heavy atom. The third-order valence-corrected chi connectivity index (χ3v) is 3.52. The van der Waals surface area contributed by atoms with E-state index in [1.807, 2.05) is 13.8 Å². The topological polar surface area (TPSA) is 112 Å². The number of methoxy groups -OCH3 is 2. The minimum atomic E-state index is -0.862. The smallest absolute Gasteiger partial charge is 0.338 e. The monoisotopic (exact) mass is 350 g/mol. The average Bonchev–Trinajstić information content (AvgIpc) is 2.58. The minimum absolute atomic E-state index is 0.179. The van der Waals surface area contributed by atoms with Gasteiger partial charge in [-0.3, -0.25) is 0 Å². The number of esters is 1. The van der Waals surface area contributed by atoms with Crippen molar-refractivity contribution in [2.75, 3.05) is 20.8 Å². The SMILES string of the molecule is COc1ncnc(OC)c1[C@H]1NC(=O)NC(C)=C1C(=O)OCC(C)C. The van der Waals surface area contributed by atoms with Crippen LogP contribution in [-0.2, 0) is 9.53 Å². The van der Waals surface area contributed by atoms with Crippen LogP contribution in [0.4, 0.5) is 4.79 Å². The number of allylic oxidation sites excluding steroid dienone is 1. The molecule has 0 fully saturated rings. The van der Waals surface area contributed by atoms with E-state index in [1.54, 1.807) is 6.92 Å². The number of nitrogens with one attached hydrogen (secondary N) is 2. The predicted octanol–water partition coefficient (Wildman–Crippen LogP) is 1.32. The quantitative estimate of drug-likeness (QED) is 0.744. The van der Waals surface area contributed by atoms with E-state index >= 15 is 0 Å². The van der Waals surface area contributed by atoms with Crippen molar-refractivity contribution in [3.8, 4) is 11.8 Å². The Balaban J connectivity index is 2.52. The molecule has 1 atom stereocenters. The molecule has 2 N–H and O–H groups in total. The van der Waals surface area contributed by atoms with Gasteiger partial charge in [-0.05, 0) is 12.8 Å². The highest BCUT2D eigenvalue weighted by molar-refractivity contribution is 5.95. The van der Waals surface area contributed by atoms with E-state index in [9.17, 15) is 9.59 Å². The second kappa shape index (κ2) is 7.82. The summed E-state index contributed by atoms with van der Waals surface area (Å²) in [5.74, 6) is 0.0252. The number of nitrogens with zero attached hydrogens (tertiary/aromatic N) is 2. The average molecular weight is 350 g/mol. The highest BCUT2D eigenvalue weighted by Crippen LogP contribution is 2.37. The number of amides is 2. The van der Waals surface area contributed by atoms with E-state index in [2.05, 4.69) is 20.6 Å². The number of aromatic nitrogens is 2. The van der Waals surface area contributed by atoms with E-state index in [1.165, 1.54) is 20.5 Å². The first kappa shape index (κ1) is 18.5. The second-order valence-electron chi connectivity index (χ2n) is 5.87. The van der Waals surface area contributed by atoms with Gasteiger partial charge in [-0.1, -0.05) is 13.8 Å². The van der Waals surface area contributed by atoms with Crippen LogP contribution in [0, 0.1) is 5.92 Å². The van der Waals surface area contributed by atoms with Gasteiger partial charge < -0.3 is 24.8 Å². The van der Waals surface area contributed by atoms with Gasteiger partial charge in [0.05, 0.1) is 26.4 Å². The largest absolute Gasteiger partial charge is 0.481 e. The lowest BCUT2D eigenvalue weighted by atomic mass is 9.96. The van der Waals surface area contributed by atoms with Gasteiger partial charge >= 0.3 is 12.0 Å². The summed E-state index contributed by atoms with van der Waals surface area (Å²) in [6.45, 7) is 5.75. The number of carbonyl (C=O) groups excluding carboxylic acids is 2. The summed E-state index contributed by atoms with van der Waals surface area (Å²) in [4.78, 5) is 32.6. The van der Waals surface area contributed by atoms with Gasteiger partial charge in [-0.2, -0.15) is 0 Å². The van der Waals surface area contributed by atoms with Gasteiger partial charge in [0.2, 0.25) is 11.8 Å². The van der Waals surface area contributed by atoms with Crippen molar-refractivity contribution in [2.24, 2.45) is 5.92 Å². The molecule has 2 amide bonds. The summed E-state index contributed by atoms with van der Waals surface area (Å²) in [7, 11) is 2.86. The zero-order chi connectivity index (χ0) is 18.6. The van der Waals surface area contributed by atoms with E-state index < -0.39 is 18.0 Å². The molecule has 9 heteroatoms. The summed E-state index contributed by atoms with van der Waals surface area (Å²) in [5.41, 5.74) is 0.973.